The second-order valence-corrected chi connectivity index (χ2v) is 3.44. The van der Waals surface area contributed by atoms with Crippen molar-refractivity contribution in [2.45, 2.75) is 37.9 Å². The van der Waals surface area contributed by atoms with Gasteiger partial charge in [-0.15, -0.1) is 0 Å². The zero-order valence-corrected chi connectivity index (χ0v) is 6.65. The minimum Gasteiger partial charge on any atom is -0.386 e. The quantitative estimate of drug-likeness (QED) is 0.517. The molecule has 0 saturated carbocycles. The van der Waals surface area contributed by atoms with E-state index in [1.807, 2.05) is 19.9 Å². The number of aliphatic hydroxyl groups is 1. The van der Waals surface area contributed by atoms with Crippen LogP contribution in [0.15, 0.2) is 12.2 Å². The van der Waals surface area contributed by atoms with Crippen molar-refractivity contribution in [3.05, 3.63) is 12.2 Å². The smallest absolute Gasteiger partial charge is 0.164 e. The van der Waals surface area contributed by atoms with Crippen molar-refractivity contribution < 1.29 is 14.6 Å². The van der Waals surface area contributed by atoms with Crippen LogP contribution < -0.4 is 0 Å². The maximum atomic E-state index is 9.34. The number of rotatable bonds is 0. The molecule has 0 aromatic rings. The Labute approximate surface area is 65.6 Å². The van der Waals surface area contributed by atoms with E-state index in [0.717, 1.165) is 0 Å². The van der Waals surface area contributed by atoms with Crippen LogP contribution in [0.4, 0.5) is 0 Å². The van der Waals surface area contributed by atoms with Gasteiger partial charge in [0.2, 0.25) is 0 Å². The van der Waals surface area contributed by atoms with Crippen LogP contribution in [0.3, 0.4) is 0 Å². The van der Waals surface area contributed by atoms with Crippen molar-refractivity contribution in [3.8, 4) is 0 Å². The predicted octanol–water partition coefficient (Wildman–Crippen LogP) is 0.437. The van der Waals surface area contributed by atoms with Crippen LogP contribution in [-0.4, -0.2) is 29.2 Å². The summed E-state index contributed by atoms with van der Waals surface area (Å²) < 4.78 is 10.9. The van der Waals surface area contributed by atoms with E-state index in [-0.39, 0.29) is 12.2 Å². The highest BCUT2D eigenvalue weighted by atomic mass is 16.8. The molecule has 0 radical (unpaired) electrons. The first kappa shape index (κ1) is 7.28. The Kier molecular flexibility index (Phi) is 1.36. The first-order valence-corrected chi connectivity index (χ1v) is 3.80. The van der Waals surface area contributed by atoms with Gasteiger partial charge in [0.05, 0.1) is 0 Å². The van der Waals surface area contributed by atoms with Crippen molar-refractivity contribution in [1.29, 1.82) is 0 Å². The van der Waals surface area contributed by atoms with Gasteiger partial charge in [0.15, 0.2) is 5.79 Å². The lowest BCUT2D eigenvalue weighted by Crippen LogP contribution is -2.28. The number of aliphatic hydroxyl groups excluding tert-OH is 1. The molecule has 0 aromatic heterocycles. The molecule has 2 unspecified atom stereocenters. The third-order valence-corrected chi connectivity index (χ3v) is 2.00. The Balaban J connectivity index is 2.15. The summed E-state index contributed by atoms with van der Waals surface area (Å²) in [6.07, 6.45) is 2.82. The van der Waals surface area contributed by atoms with E-state index in [0.29, 0.717) is 0 Å². The highest BCUT2D eigenvalue weighted by molar-refractivity contribution is 5.13. The van der Waals surface area contributed by atoms with E-state index in [9.17, 15) is 5.11 Å². The van der Waals surface area contributed by atoms with Crippen LogP contribution in [0, 0.1) is 0 Å². The van der Waals surface area contributed by atoms with Crippen molar-refractivity contribution in [3.63, 3.8) is 0 Å². The maximum Gasteiger partial charge on any atom is 0.164 e. The SMILES string of the molecule is CC1(C)OC2C=C[C@H](O)C2O1. The van der Waals surface area contributed by atoms with E-state index in [4.69, 9.17) is 9.47 Å². The topological polar surface area (TPSA) is 38.7 Å². The highest BCUT2D eigenvalue weighted by Crippen LogP contribution is 2.34. The molecule has 62 valence electrons. The summed E-state index contributed by atoms with van der Waals surface area (Å²) >= 11 is 0. The normalized spacial score (nSPS) is 46.3. The summed E-state index contributed by atoms with van der Waals surface area (Å²) in [6, 6.07) is 0. The van der Waals surface area contributed by atoms with Crippen LogP contribution in [0.2, 0.25) is 0 Å². The molecular weight excluding hydrogens is 144 g/mol. The van der Waals surface area contributed by atoms with Gasteiger partial charge in [-0.2, -0.15) is 0 Å². The summed E-state index contributed by atoms with van der Waals surface area (Å²) in [5.41, 5.74) is 0. The zero-order valence-electron chi connectivity index (χ0n) is 6.65. The fourth-order valence-corrected chi connectivity index (χ4v) is 1.56. The van der Waals surface area contributed by atoms with Gasteiger partial charge in [0, 0.05) is 0 Å². The van der Waals surface area contributed by atoms with Gasteiger partial charge in [-0.05, 0) is 13.8 Å². The maximum absolute atomic E-state index is 9.34. The Hall–Kier alpha value is -0.380. The average Bonchev–Trinajstić information content (AvgIpc) is 2.31. The van der Waals surface area contributed by atoms with Crippen LogP contribution in [-0.2, 0) is 9.47 Å². The van der Waals surface area contributed by atoms with Crippen molar-refractivity contribution in [2.24, 2.45) is 0 Å². The molecule has 1 saturated heterocycles. The number of hydrogen-bond acceptors (Lipinski definition) is 3. The van der Waals surface area contributed by atoms with E-state index >= 15 is 0 Å². The number of ether oxygens (including phenoxy) is 2. The number of fused-ring (bicyclic) bond motifs is 1. The molecule has 3 heteroatoms. The molecule has 1 N–H and O–H groups in total. The molecule has 3 atom stereocenters. The van der Waals surface area contributed by atoms with Gasteiger partial charge >= 0.3 is 0 Å². The Bertz CT molecular complexity index is 198. The lowest BCUT2D eigenvalue weighted by Gasteiger charge is -2.18. The molecule has 2 rings (SSSR count). The molecule has 0 amide bonds. The van der Waals surface area contributed by atoms with Gasteiger partial charge in [-0.1, -0.05) is 12.2 Å². The first-order valence-electron chi connectivity index (χ1n) is 3.80. The highest BCUT2D eigenvalue weighted by Gasteiger charge is 2.45. The zero-order chi connectivity index (χ0) is 8.06. The van der Waals surface area contributed by atoms with Crippen LogP contribution in [0.5, 0.6) is 0 Å². The van der Waals surface area contributed by atoms with Crippen LogP contribution in [0.1, 0.15) is 13.8 Å². The van der Waals surface area contributed by atoms with Crippen molar-refractivity contribution in [2.75, 3.05) is 0 Å². The van der Waals surface area contributed by atoms with Crippen molar-refractivity contribution in [1.82, 2.24) is 0 Å². The summed E-state index contributed by atoms with van der Waals surface area (Å²) in [5.74, 6) is -0.541. The van der Waals surface area contributed by atoms with Gasteiger partial charge in [-0.25, -0.2) is 0 Å². The fourth-order valence-electron chi connectivity index (χ4n) is 1.56. The van der Waals surface area contributed by atoms with Gasteiger partial charge in [0.25, 0.3) is 0 Å². The van der Waals surface area contributed by atoms with E-state index in [1.54, 1.807) is 6.08 Å². The van der Waals surface area contributed by atoms with Crippen LogP contribution >= 0.6 is 0 Å². The third-order valence-electron chi connectivity index (χ3n) is 2.00. The van der Waals surface area contributed by atoms with Gasteiger partial charge in [-0.3, -0.25) is 0 Å². The summed E-state index contributed by atoms with van der Waals surface area (Å²) in [7, 11) is 0. The third kappa shape index (κ3) is 1.09. The fraction of sp³-hybridized carbons (Fsp3) is 0.750. The molecule has 0 spiro atoms. The Morgan fingerprint density at radius 1 is 1.27 bits per heavy atom. The standard InChI is InChI=1S/C8H12O3/c1-8(2)10-6-4-3-5(9)7(6)11-8/h3-7,9H,1-2H3/t5-,6?,7?/m0/s1. The Morgan fingerprint density at radius 2 is 2.00 bits per heavy atom. The minimum atomic E-state index is -0.541. The second-order valence-electron chi connectivity index (χ2n) is 3.44. The summed E-state index contributed by atoms with van der Waals surface area (Å²) in [5, 5.41) is 9.34. The second kappa shape index (κ2) is 2.06. The van der Waals surface area contributed by atoms with Gasteiger partial charge < -0.3 is 14.6 Å². The van der Waals surface area contributed by atoms with E-state index in [2.05, 4.69) is 0 Å². The molecule has 1 aliphatic carbocycles. The van der Waals surface area contributed by atoms with E-state index < -0.39 is 11.9 Å². The number of hydrogen-bond donors (Lipinski definition) is 1. The molecular formula is C8H12O3. The minimum absolute atomic E-state index is 0.0556. The first-order chi connectivity index (χ1) is 5.08. The van der Waals surface area contributed by atoms with Crippen molar-refractivity contribution >= 4 is 0 Å². The molecule has 0 bridgehead atoms. The Morgan fingerprint density at radius 3 is 2.64 bits per heavy atom. The lowest BCUT2D eigenvalue weighted by atomic mass is 10.2. The largest absolute Gasteiger partial charge is 0.386 e. The van der Waals surface area contributed by atoms with Gasteiger partial charge in [0.1, 0.15) is 18.3 Å². The lowest BCUT2D eigenvalue weighted by molar-refractivity contribution is -0.152. The molecule has 1 fully saturated rings. The predicted molar refractivity (Wildman–Crippen MR) is 39.0 cm³/mol. The summed E-state index contributed by atoms with van der Waals surface area (Å²) in [6.45, 7) is 3.71. The summed E-state index contributed by atoms with van der Waals surface area (Å²) in [4.78, 5) is 0. The molecule has 1 aliphatic heterocycles. The molecule has 3 nitrogen and oxygen atoms in total. The molecule has 1 heterocycles. The molecule has 0 aromatic carbocycles. The average molecular weight is 156 g/mol. The van der Waals surface area contributed by atoms with E-state index in [1.165, 1.54) is 0 Å². The van der Waals surface area contributed by atoms with Crippen LogP contribution in [0.25, 0.3) is 0 Å². The molecule has 2 aliphatic rings. The monoisotopic (exact) mass is 156 g/mol. The molecule has 11 heavy (non-hydrogen) atoms.